The van der Waals surface area contributed by atoms with Crippen LogP contribution in [-0.2, 0) is 4.79 Å². The molecule has 0 spiro atoms. The highest BCUT2D eigenvalue weighted by Gasteiger charge is 2.18. The maximum absolute atomic E-state index is 12.1. The fourth-order valence-corrected chi connectivity index (χ4v) is 1.63. The number of carbonyl (C=O) groups excluding carboxylic acids is 2. The number of benzene rings is 1. The van der Waals surface area contributed by atoms with E-state index in [1.165, 1.54) is 0 Å². The molecule has 0 bridgehead atoms. The first-order chi connectivity index (χ1) is 10.7. The third-order valence-electron chi connectivity index (χ3n) is 3.37. The Hall–Kier alpha value is -2.57. The Balaban J connectivity index is 2.54. The number of urea groups is 1. The number of carboxylic acids is 1. The molecule has 0 heterocycles. The molecule has 0 atom stereocenters. The van der Waals surface area contributed by atoms with Crippen LogP contribution in [0.5, 0.6) is 0 Å². The quantitative estimate of drug-likeness (QED) is 0.617. The van der Waals surface area contributed by atoms with E-state index < -0.39 is 12.0 Å². The summed E-state index contributed by atoms with van der Waals surface area (Å²) >= 11 is 0. The standard InChI is InChI=1S/C16H23N3O4/c1-4-16(2,3)19-14(22)11-5-7-12(8-6-11)18-15(23)17-10-9-13(20)21/h5-8H,4,9-10H2,1-3H3,(H,19,22)(H,20,21)(H2,17,18,23). The number of hydrogen-bond acceptors (Lipinski definition) is 3. The van der Waals surface area contributed by atoms with Gasteiger partial charge in [-0.1, -0.05) is 6.92 Å². The molecule has 0 aliphatic heterocycles. The summed E-state index contributed by atoms with van der Waals surface area (Å²) in [6.07, 6.45) is 0.675. The molecule has 0 aliphatic carbocycles. The molecule has 1 rings (SSSR count). The van der Waals surface area contributed by atoms with Gasteiger partial charge in [0.2, 0.25) is 0 Å². The number of amides is 3. The van der Waals surface area contributed by atoms with Crippen LogP contribution < -0.4 is 16.0 Å². The van der Waals surface area contributed by atoms with E-state index in [2.05, 4.69) is 16.0 Å². The fourth-order valence-electron chi connectivity index (χ4n) is 1.63. The fraction of sp³-hybridized carbons (Fsp3) is 0.438. The topological polar surface area (TPSA) is 108 Å². The van der Waals surface area contributed by atoms with E-state index in [1.54, 1.807) is 24.3 Å². The van der Waals surface area contributed by atoms with E-state index in [-0.39, 0.29) is 24.4 Å². The van der Waals surface area contributed by atoms with Crippen LogP contribution in [0.25, 0.3) is 0 Å². The second-order valence-corrected chi connectivity index (χ2v) is 5.79. The van der Waals surface area contributed by atoms with Crippen molar-refractivity contribution in [2.75, 3.05) is 11.9 Å². The lowest BCUT2D eigenvalue weighted by molar-refractivity contribution is -0.136. The molecular weight excluding hydrogens is 298 g/mol. The molecule has 1 aromatic rings. The molecule has 0 radical (unpaired) electrons. The maximum Gasteiger partial charge on any atom is 0.319 e. The summed E-state index contributed by atoms with van der Waals surface area (Å²) in [5.74, 6) is -1.15. The highest BCUT2D eigenvalue weighted by atomic mass is 16.4. The lowest BCUT2D eigenvalue weighted by Crippen LogP contribution is -2.42. The van der Waals surface area contributed by atoms with Crippen molar-refractivity contribution in [2.24, 2.45) is 0 Å². The van der Waals surface area contributed by atoms with E-state index in [1.807, 2.05) is 20.8 Å². The minimum absolute atomic E-state index is 0.0494. The van der Waals surface area contributed by atoms with Crippen molar-refractivity contribution in [3.05, 3.63) is 29.8 Å². The number of hydrogen-bond donors (Lipinski definition) is 4. The summed E-state index contributed by atoms with van der Waals surface area (Å²) in [5.41, 5.74) is 0.741. The first-order valence-electron chi connectivity index (χ1n) is 7.43. The number of carbonyl (C=O) groups is 3. The zero-order chi connectivity index (χ0) is 17.5. The van der Waals surface area contributed by atoms with E-state index in [0.29, 0.717) is 11.3 Å². The van der Waals surface area contributed by atoms with Crippen LogP contribution in [0, 0.1) is 0 Å². The molecule has 0 aliphatic rings. The molecule has 0 saturated carbocycles. The van der Waals surface area contributed by atoms with Crippen molar-refractivity contribution < 1.29 is 19.5 Å². The smallest absolute Gasteiger partial charge is 0.319 e. The first kappa shape index (κ1) is 18.5. The Bertz CT molecular complexity index is 567. The van der Waals surface area contributed by atoms with Crippen LogP contribution >= 0.6 is 0 Å². The van der Waals surface area contributed by atoms with Crippen LogP contribution in [0.2, 0.25) is 0 Å². The monoisotopic (exact) mass is 321 g/mol. The third kappa shape index (κ3) is 6.82. The van der Waals surface area contributed by atoms with Gasteiger partial charge >= 0.3 is 12.0 Å². The number of aliphatic carboxylic acids is 1. The largest absolute Gasteiger partial charge is 0.481 e. The second-order valence-electron chi connectivity index (χ2n) is 5.79. The number of nitrogens with one attached hydrogen (secondary N) is 3. The molecule has 7 nitrogen and oxygen atoms in total. The third-order valence-corrected chi connectivity index (χ3v) is 3.37. The molecule has 0 fully saturated rings. The van der Waals surface area contributed by atoms with Crippen LogP contribution in [0.1, 0.15) is 44.0 Å². The summed E-state index contributed by atoms with van der Waals surface area (Å²) in [7, 11) is 0. The Labute approximate surface area is 135 Å². The zero-order valence-corrected chi connectivity index (χ0v) is 13.6. The minimum atomic E-state index is -0.976. The van der Waals surface area contributed by atoms with Crippen molar-refractivity contribution >= 4 is 23.6 Å². The molecule has 0 saturated heterocycles. The first-order valence-corrected chi connectivity index (χ1v) is 7.43. The molecule has 0 unspecified atom stereocenters. The molecule has 7 heteroatoms. The lowest BCUT2D eigenvalue weighted by atomic mass is 10.0. The van der Waals surface area contributed by atoms with Gasteiger partial charge in [0, 0.05) is 23.3 Å². The lowest BCUT2D eigenvalue weighted by Gasteiger charge is -2.24. The minimum Gasteiger partial charge on any atom is -0.481 e. The summed E-state index contributed by atoms with van der Waals surface area (Å²) in [5, 5.41) is 16.4. The molecule has 23 heavy (non-hydrogen) atoms. The molecular formula is C16H23N3O4. The van der Waals surface area contributed by atoms with E-state index in [4.69, 9.17) is 5.11 Å². The summed E-state index contributed by atoms with van der Waals surface area (Å²) in [6, 6.07) is 5.98. The van der Waals surface area contributed by atoms with Crippen molar-refractivity contribution in [1.29, 1.82) is 0 Å². The molecule has 126 valence electrons. The zero-order valence-electron chi connectivity index (χ0n) is 13.6. The Kier molecular flexibility index (Phi) is 6.56. The van der Waals surface area contributed by atoms with Gasteiger partial charge in [-0.2, -0.15) is 0 Å². The maximum atomic E-state index is 12.1. The van der Waals surface area contributed by atoms with Crippen LogP contribution in [0.15, 0.2) is 24.3 Å². The Morgan fingerprint density at radius 3 is 2.26 bits per heavy atom. The number of carboxylic acid groups (broad SMARTS) is 1. The predicted molar refractivity (Wildman–Crippen MR) is 87.6 cm³/mol. The average molecular weight is 321 g/mol. The van der Waals surface area contributed by atoms with Gasteiger partial charge in [-0.25, -0.2) is 4.79 Å². The predicted octanol–water partition coefficient (Wildman–Crippen LogP) is 2.20. The van der Waals surface area contributed by atoms with Gasteiger partial charge in [-0.15, -0.1) is 0 Å². The molecule has 0 aromatic heterocycles. The number of anilines is 1. The molecule has 4 N–H and O–H groups in total. The highest BCUT2D eigenvalue weighted by Crippen LogP contribution is 2.12. The SMILES string of the molecule is CCC(C)(C)NC(=O)c1ccc(NC(=O)NCCC(=O)O)cc1. The van der Waals surface area contributed by atoms with Crippen LogP contribution in [0.3, 0.4) is 0 Å². The Morgan fingerprint density at radius 1 is 1.13 bits per heavy atom. The van der Waals surface area contributed by atoms with Crippen molar-refractivity contribution in [3.8, 4) is 0 Å². The molecule has 1 aromatic carbocycles. The summed E-state index contributed by atoms with van der Waals surface area (Å²) < 4.78 is 0. The van der Waals surface area contributed by atoms with Crippen molar-refractivity contribution in [1.82, 2.24) is 10.6 Å². The molecule has 3 amide bonds. The van der Waals surface area contributed by atoms with E-state index in [0.717, 1.165) is 6.42 Å². The normalized spacial score (nSPS) is 10.7. The highest BCUT2D eigenvalue weighted by molar-refractivity contribution is 5.96. The van der Waals surface area contributed by atoms with Crippen LogP contribution in [0.4, 0.5) is 10.5 Å². The van der Waals surface area contributed by atoms with Gasteiger partial charge in [0.15, 0.2) is 0 Å². The van der Waals surface area contributed by atoms with E-state index in [9.17, 15) is 14.4 Å². The summed E-state index contributed by atoms with van der Waals surface area (Å²) in [4.78, 5) is 34.0. The van der Waals surface area contributed by atoms with Crippen LogP contribution in [-0.4, -0.2) is 35.1 Å². The van der Waals surface area contributed by atoms with Gasteiger partial charge in [0.1, 0.15) is 0 Å². The van der Waals surface area contributed by atoms with E-state index >= 15 is 0 Å². The van der Waals surface area contributed by atoms with Crippen molar-refractivity contribution in [2.45, 2.75) is 39.2 Å². The average Bonchev–Trinajstić information content (AvgIpc) is 2.47. The van der Waals surface area contributed by atoms with Crippen molar-refractivity contribution in [3.63, 3.8) is 0 Å². The Morgan fingerprint density at radius 2 is 1.74 bits per heavy atom. The second kappa shape index (κ2) is 8.17. The van der Waals surface area contributed by atoms with Gasteiger partial charge in [0.05, 0.1) is 6.42 Å². The van der Waals surface area contributed by atoms with Gasteiger partial charge in [-0.3, -0.25) is 9.59 Å². The number of rotatable bonds is 7. The van der Waals surface area contributed by atoms with Gasteiger partial charge in [0.25, 0.3) is 5.91 Å². The van der Waals surface area contributed by atoms with Gasteiger partial charge < -0.3 is 21.1 Å². The summed E-state index contributed by atoms with van der Waals surface area (Å²) in [6.45, 7) is 5.94. The van der Waals surface area contributed by atoms with Gasteiger partial charge in [-0.05, 0) is 44.5 Å².